The molecule has 21 heavy (non-hydrogen) atoms. The average molecular weight is 281 g/mol. The molecule has 0 fully saturated rings. The third-order valence-electron chi connectivity index (χ3n) is 3.27. The lowest BCUT2D eigenvalue weighted by molar-refractivity contribution is 0.0942. The number of nitrogens with zero attached hydrogens (tertiary/aromatic N) is 2. The van der Waals surface area contributed by atoms with E-state index in [1.54, 1.807) is 16.8 Å². The lowest BCUT2D eigenvalue weighted by atomic mass is 10.1. The van der Waals surface area contributed by atoms with E-state index in [1.807, 2.05) is 45.0 Å². The van der Waals surface area contributed by atoms with E-state index in [0.29, 0.717) is 23.7 Å². The molecule has 0 unspecified atom stereocenters. The minimum atomic E-state index is -0.214. The van der Waals surface area contributed by atoms with E-state index in [4.69, 9.17) is 0 Å². The summed E-state index contributed by atoms with van der Waals surface area (Å²) in [6, 6.07) is 11.6. The number of hydrogen-bond donors (Lipinski definition) is 1. The van der Waals surface area contributed by atoms with Gasteiger partial charge in [-0.05, 0) is 30.5 Å². The molecule has 0 aliphatic rings. The van der Waals surface area contributed by atoms with Gasteiger partial charge in [-0.3, -0.25) is 4.79 Å². The number of amides is 1. The van der Waals surface area contributed by atoms with Crippen molar-refractivity contribution in [3.05, 3.63) is 53.3 Å². The van der Waals surface area contributed by atoms with Crippen LogP contribution in [0.1, 0.15) is 35.5 Å². The van der Waals surface area contributed by atoms with Crippen molar-refractivity contribution in [1.29, 1.82) is 5.26 Å². The van der Waals surface area contributed by atoms with Crippen molar-refractivity contribution in [2.45, 2.75) is 20.8 Å². The van der Waals surface area contributed by atoms with Crippen molar-refractivity contribution in [3.63, 3.8) is 0 Å². The molecule has 0 aliphatic carbocycles. The molecule has 4 nitrogen and oxygen atoms in total. The second kappa shape index (κ2) is 6.27. The maximum Gasteiger partial charge on any atom is 0.269 e. The van der Waals surface area contributed by atoms with Crippen LogP contribution in [0.2, 0.25) is 0 Å². The molecule has 2 rings (SSSR count). The van der Waals surface area contributed by atoms with Crippen molar-refractivity contribution in [2.24, 2.45) is 5.92 Å². The zero-order valence-corrected chi connectivity index (χ0v) is 12.6. The van der Waals surface area contributed by atoms with Gasteiger partial charge >= 0.3 is 0 Å². The van der Waals surface area contributed by atoms with E-state index >= 15 is 0 Å². The Balaban J connectivity index is 2.45. The lowest BCUT2D eigenvalue weighted by Gasteiger charge is -2.13. The molecule has 1 aromatic carbocycles. The summed E-state index contributed by atoms with van der Waals surface area (Å²) in [4.78, 5) is 12.4. The maximum absolute atomic E-state index is 12.4. The number of nitriles is 1. The van der Waals surface area contributed by atoms with Crippen LogP contribution in [0, 0.1) is 24.2 Å². The van der Waals surface area contributed by atoms with Crippen molar-refractivity contribution < 1.29 is 4.79 Å². The molecule has 0 saturated carbocycles. The molecule has 4 heteroatoms. The van der Waals surface area contributed by atoms with Gasteiger partial charge in [-0.15, -0.1) is 0 Å². The first-order chi connectivity index (χ1) is 10.0. The smallest absolute Gasteiger partial charge is 0.269 e. The van der Waals surface area contributed by atoms with Crippen LogP contribution in [-0.2, 0) is 0 Å². The van der Waals surface area contributed by atoms with Crippen LogP contribution in [0.5, 0.6) is 0 Å². The first-order valence-corrected chi connectivity index (χ1v) is 7.00. The fourth-order valence-corrected chi connectivity index (χ4v) is 2.17. The van der Waals surface area contributed by atoms with Crippen molar-refractivity contribution in [2.75, 3.05) is 6.54 Å². The van der Waals surface area contributed by atoms with Crippen LogP contribution >= 0.6 is 0 Å². The molecule has 0 saturated heterocycles. The van der Waals surface area contributed by atoms with Crippen LogP contribution in [0.15, 0.2) is 36.5 Å². The van der Waals surface area contributed by atoms with Crippen LogP contribution in [0.4, 0.5) is 0 Å². The predicted molar refractivity (Wildman–Crippen MR) is 82.4 cm³/mol. The number of benzene rings is 1. The zero-order valence-electron chi connectivity index (χ0n) is 12.6. The first-order valence-electron chi connectivity index (χ1n) is 7.00. The number of aromatic nitrogens is 1. The number of rotatable bonds is 4. The molecule has 1 amide bonds. The van der Waals surface area contributed by atoms with Gasteiger partial charge < -0.3 is 9.88 Å². The highest BCUT2D eigenvalue weighted by Crippen LogP contribution is 2.20. The van der Waals surface area contributed by atoms with Crippen LogP contribution < -0.4 is 5.32 Å². The van der Waals surface area contributed by atoms with Gasteiger partial charge in [-0.1, -0.05) is 32.0 Å². The van der Waals surface area contributed by atoms with E-state index in [-0.39, 0.29) is 5.91 Å². The van der Waals surface area contributed by atoms with E-state index in [9.17, 15) is 10.1 Å². The summed E-state index contributed by atoms with van der Waals surface area (Å²) >= 11 is 0. The maximum atomic E-state index is 12.4. The number of nitrogens with one attached hydrogen (secondary N) is 1. The number of aryl methyl sites for hydroxylation is 1. The Kier molecular flexibility index (Phi) is 4.44. The molecule has 1 aromatic heterocycles. The van der Waals surface area contributed by atoms with Gasteiger partial charge in [0.1, 0.15) is 11.8 Å². The van der Waals surface area contributed by atoms with Gasteiger partial charge in [-0.25, -0.2) is 0 Å². The summed E-state index contributed by atoms with van der Waals surface area (Å²) in [7, 11) is 0. The fourth-order valence-electron chi connectivity index (χ4n) is 2.17. The molecule has 108 valence electrons. The Morgan fingerprint density at radius 1 is 1.33 bits per heavy atom. The highest BCUT2D eigenvalue weighted by molar-refractivity contribution is 5.96. The summed E-state index contributed by atoms with van der Waals surface area (Å²) in [6.45, 7) is 6.64. The van der Waals surface area contributed by atoms with Crippen LogP contribution in [0.3, 0.4) is 0 Å². The van der Waals surface area contributed by atoms with Gasteiger partial charge in [0.15, 0.2) is 0 Å². The number of hydrogen-bond acceptors (Lipinski definition) is 2. The highest BCUT2D eigenvalue weighted by atomic mass is 16.1. The van der Waals surface area contributed by atoms with Crippen molar-refractivity contribution in [3.8, 4) is 11.8 Å². The van der Waals surface area contributed by atoms with Crippen LogP contribution in [0.25, 0.3) is 5.69 Å². The Bertz CT molecular complexity index is 692. The van der Waals surface area contributed by atoms with Gasteiger partial charge in [0.25, 0.3) is 5.91 Å². The Labute approximate surface area is 125 Å². The molecule has 0 radical (unpaired) electrons. The molecule has 0 atom stereocenters. The van der Waals surface area contributed by atoms with E-state index in [2.05, 4.69) is 11.4 Å². The SMILES string of the molecule is Cc1ccccc1-n1ccc(C#N)c1C(=O)NCC(C)C. The third kappa shape index (κ3) is 3.14. The topological polar surface area (TPSA) is 57.8 Å². The van der Waals surface area contributed by atoms with E-state index in [0.717, 1.165) is 11.3 Å². The van der Waals surface area contributed by atoms with Gasteiger partial charge in [0, 0.05) is 18.4 Å². The first kappa shape index (κ1) is 14.9. The standard InChI is InChI=1S/C17H19N3O/c1-12(2)11-19-17(21)16-14(10-18)8-9-20(16)15-7-5-4-6-13(15)3/h4-9,12H,11H2,1-3H3,(H,19,21). The largest absolute Gasteiger partial charge is 0.350 e. The molecule has 0 aliphatic heterocycles. The summed E-state index contributed by atoms with van der Waals surface area (Å²) in [5, 5.41) is 12.1. The molecular formula is C17H19N3O. The average Bonchev–Trinajstić information content (AvgIpc) is 2.89. The van der Waals surface area contributed by atoms with E-state index in [1.165, 1.54) is 0 Å². The summed E-state index contributed by atoms with van der Waals surface area (Å²) in [5.41, 5.74) is 2.75. The van der Waals surface area contributed by atoms with Crippen molar-refractivity contribution >= 4 is 5.91 Å². The monoisotopic (exact) mass is 281 g/mol. The summed E-state index contributed by atoms with van der Waals surface area (Å²) in [5.74, 6) is 0.148. The fraction of sp³-hybridized carbons (Fsp3) is 0.294. The number of para-hydroxylation sites is 1. The second-order valence-corrected chi connectivity index (χ2v) is 5.45. The molecule has 1 heterocycles. The molecule has 2 aromatic rings. The lowest BCUT2D eigenvalue weighted by Crippen LogP contribution is -2.29. The van der Waals surface area contributed by atoms with Gasteiger partial charge in [-0.2, -0.15) is 5.26 Å². The van der Waals surface area contributed by atoms with Crippen LogP contribution in [-0.4, -0.2) is 17.0 Å². The summed E-state index contributed by atoms with van der Waals surface area (Å²) in [6.07, 6.45) is 1.77. The molecule has 0 spiro atoms. The van der Waals surface area contributed by atoms with Crippen molar-refractivity contribution in [1.82, 2.24) is 9.88 Å². The quantitative estimate of drug-likeness (QED) is 0.936. The minimum absolute atomic E-state index is 0.214. The van der Waals surface area contributed by atoms with Gasteiger partial charge in [0.05, 0.1) is 5.56 Å². The Morgan fingerprint density at radius 2 is 2.05 bits per heavy atom. The highest BCUT2D eigenvalue weighted by Gasteiger charge is 2.18. The Hall–Kier alpha value is -2.54. The normalized spacial score (nSPS) is 10.4. The second-order valence-electron chi connectivity index (χ2n) is 5.45. The van der Waals surface area contributed by atoms with Gasteiger partial charge in [0.2, 0.25) is 0 Å². The number of carbonyl (C=O) groups excluding carboxylic acids is 1. The molecular weight excluding hydrogens is 262 g/mol. The third-order valence-corrected chi connectivity index (χ3v) is 3.27. The zero-order chi connectivity index (χ0) is 15.4. The number of carbonyl (C=O) groups is 1. The predicted octanol–water partition coefficient (Wildman–Crippen LogP) is 3.04. The summed E-state index contributed by atoms with van der Waals surface area (Å²) < 4.78 is 1.78. The van der Waals surface area contributed by atoms with E-state index < -0.39 is 0 Å². The molecule has 0 bridgehead atoms. The Morgan fingerprint density at radius 3 is 2.67 bits per heavy atom. The molecule has 1 N–H and O–H groups in total. The minimum Gasteiger partial charge on any atom is -0.350 e.